The number of ether oxygens (including phenoxy) is 1. The Morgan fingerprint density at radius 2 is 2.14 bits per heavy atom. The normalized spacial score (nSPS) is 29.3. The molecule has 2 atom stereocenters. The van der Waals surface area contributed by atoms with Gasteiger partial charge in [0.15, 0.2) is 0 Å². The predicted molar refractivity (Wildman–Crippen MR) is 51.7 cm³/mol. The van der Waals surface area contributed by atoms with Gasteiger partial charge in [0, 0.05) is 5.92 Å². The molecule has 0 bridgehead atoms. The lowest BCUT2D eigenvalue weighted by atomic mass is 9.81. The minimum Gasteiger partial charge on any atom is -0.457 e. The molecule has 1 aromatic rings. The minimum atomic E-state index is -0.0308. The fourth-order valence-electron chi connectivity index (χ4n) is 2.56. The van der Waals surface area contributed by atoms with Crippen molar-refractivity contribution in [1.29, 1.82) is 0 Å². The second-order valence-electron chi connectivity index (χ2n) is 4.11. The Morgan fingerprint density at radius 1 is 1.29 bits per heavy atom. The smallest absolute Gasteiger partial charge is 0.306 e. The molecule has 1 fully saturated rings. The minimum absolute atomic E-state index is 0.0308. The molecule has 0 spiro atoms. The molecular weight excluding hydrogens is 176 g/mol. The van der Waals surface area contributed by atoms with Gasteiger partial charge in [-0.05, 0) is 24.0 Å². The zero-order valence-electron chi connectivity index (χ0n) is 7.90. The lowest BCUT2D eigenvalue weighted by Crippen LogP contribution is -2.16. The highest BCUT2D eigenvalue weighted by Crippen LogP contribution is 2.43. The van der Waals surface area contributed by atoms with Crippen molar-refractivity contribution in [2.45, 2.75) is 25.4 Å². The molecule has 1 saturated heterocycles. The molecule has 2 aliphatic rings. The van der Waals surface area contributed by atoms with Crippen molar-refractivity contribution in [1.82, 2.24) is 0 Å². The summed E-state index contributed by atoms with van der Waals surface area (Å²) in [5.74, 6) is 0.397. The highest BCUT2D eigenvalue weighted by molar-refractivity contribution is 5.72. The second-order valence-corrected chi connectivity index (χ2v) is 4.11. The largest absolute Gasteiger partial charge is 0.457 e. The number of hydrogen-bond donors (Lipinski definition) is 0. The Balaban J connectivity index is 2.05. The Bertz CT molecular complexity index is 384. The summed E-state index contributed by atoms with van der Waals surface area (Å²) in [6, 6.07) is 8.30. The molecule has 3 rings (SSSR count). The summed E-state index contributed by atoms with van der Waals surface area (Å²) in [5.41, 5.74) is 2.58. The van der Waals surface area contributed by atoms with E-state index in [1.807, 2.05) is 6.07 Å². The van der Waals surface area contributed by atoms with Crippen molar-refractivity contribution in [3.8, 4) is 0 Å². The lowest BCUT2D eigenvalue weighted by molar-refractivity contribution is -0.141. The van der Waals surface area contributed by atoms with E-state index in [9.17, 15) is 4.79 Å². The van der Waals surface area contributed by atoms with E-state index in [2.05, 4.69) is 18.2 Å². The van der Waals surface area contributed by atoms with Crippen LogP contribution in [-0.4, -0.2) is 5.97 Å². The fourth-order valence-corrected chi connectivity index (χ4v) is 2.56. The number of esters is 1. The number of aryl methyl sites for hydroxylation is 1. The van der Waals surface area contributed by atoms with E-state index in [0.717, 1.165) is 12.8 Å². The molecule has 1 aromatic carbocycles. The van der Waals surface area contributed by atoms with Gasteiger partial charge in [-0.3, -0.25) is 4.79 Å². The van der Waals surface area contributed by atoms with Gasteiger partial charge in [-0.15, -0.1) is 0 Å². The lowest BCUT2D eigenvalue weighted by Gasteiger charge is -2.25. The quantitative estimate of drug-likeness (QED) is 0.583. The molecule has 0 N–H and O–H groups in total. The third-order valence-corrected chi connectivity index (χ3v) is 3.26. The van der Waals surface area contributed by atoms with Crippen LogP contribution in [0.25, 0.3) is 0 Å². The van der Waals surface area contributed by atoms with Gasteiger partial charge in [-0.25, -0.2) is 0 Å². The molecule has 14 heavy (non-hydrogen) atoms. The number of carbonyl (C=O) groups excluding carboxylic acids is 1. The summed E-state index contributed by atoms with van der Waals surface area (Å²) in [5, 5.41) is 0. The monoisotopic (exact) mass is 188 g/mol. The van der Waals surface area contributed by atoms with E-state index in [1.54, 1.807) is 0 Å². The standard InChI is InChI=1S/C12H12O2/c13-11-7-9-6-5-8-3-1-2-4-10(8)12(9)14-11/h1-4,9,12H,5-7H2/t9-,12+/m1/s1. The molecule has 1 aliphatic carbocycles. The van der Waals surface area contributed by atoms with Gasteiger partial charge in [0.25, 0.3) is 0 Å². The van der Waals surface area contributed by atoms with Crippen LogP contribution in [0.4, 0.5) is 0 Å². The molecule has 2 heteroatoms. The highest BCUT2D eigenvalue weighted by atomic mass is 16.5. The Hall–Kier alpha value is -1.31. The van der Waals surface area contributed by atoms with Gasteiger partial charge in [0.05, 0.1) is 6.42 Å². The van der Waals surface area contributed by atoms with Gasteiger partial charge >= 0.3 is 5.97 Å². The van der Waals surface area contributed by atoms with E-state index in [0.29, 0.717) is 12.3 Å². The van der Waals surface area contributed by atoms with Crippen LogP contribution in [0.1, 0.15) is 30.1 Å². The zero-order chi connectivity index (χ0) is 9.54. The number of hydrogen-bond acceptors (Lipinski definition) is 2. The van der Waals surface area contributed by atoms with Crippen LogP contribution < -0.4 is 0 Å². The van der Waals surface area contributed by atoms with Crippen molar-refractivity contribution < 1.29 is 9.53 Å². The van der Waals surface area contributed by atoms with Gasteiger partial charge in [-0.2, -0.15) is 0 Å². The molecule has 0 radical (unpaired) electrons. The molecular formula is C12H12O2. The van der Waals surface area contributed by atoms with Crippen molar-refractivity contribution in [2.75, 3.05) is 0 Å². The number of rotatable bonds is 0. The Morgan fingerprint density at radius 3 is 3.07 bits per heavy atom. The summed E-state index contributed by atoms with van der Waals surface area (Å²) < 4.78 is 5.35. The first-order chi connectivity index (χ1) is 6.84. The van der Waals surface area contributed by atoms with Gasteiger partial charge in [-0.1, -0.05) is 24.3 Å². The maximum atomic E-state index is 11.2. The van der Waals surface area contributed by atoms with E-state index >= 15 is 0 Å². The molecule has 2 nitrogen and oxygen atoms in total. The first kappa shape index (κ1) is 8.04. The van der Waals surface area contributed by atoms with Crippen LogP contribution in [0, 0.1) is 5.92 Å². The molecule has 0 saturated carbocycles. The Labute approximate surface area is 82.9 Å². The topological polar surface area (TPSA) is 26.3 Å². The molecule has 1 aliphatic heterocycles. The SMILES string of the molecule is O=C1C[C@H]2CCc3ccccc3[C@H]2O1. The van der Waals surface area contributed by atoms with E-state index < -0.39 is 0 Å². The van der Waals surface area contributed by atoms with Gasteiger partial charge < -0.3 is 4.74 Å². The Kier molecular flexibility index (Phi) is 1.63. The fraction of sp³-hybridized carbons (Fsp3) is 0.417. The van der Waals surface area contributed by atoms with Crippen molar-refractivity contribution in [2.24, 2.45) is 5.92 Å². The van der Waals surface area contributed by atoms with Crippen LogP contribution in [-0.2, 0) is 16.0 Å². The average Bonchev–Trinajstić information content (AvgIpc) is 2.59. The van der Waals surface area contributed by atoms with Crippen molar-refractivity contribution >= 4 is 5.97 Å². The van der Waals surface area contributed by atoms with E-state index in [-0.39, 0.29) is 12.1 Å². The molecule has 1 heterocycles. The van der Waals surface area contributed by atoms with Crippen LogP contribution in [0.2, 0.25) is 0 Å². The third-order valence-electron chi connectivity index (χ3n) is 3.26. The number of fused-ring (bicyclic) bond motifs is 3. The van der Waals surface area contributed by atoms with Crippen LogP contribution in [0.15, 0.2) is 24.3 Å². The first-order valence-electron chi connectivity index (χ1n) is 5.12. The van der Waals surface area contributed by atoms with Crippen LogP contribution in [0.5, 0.6) is 0 Å². The maximum absolute atomic E-state index is 11.2. The first-order valence-corrected chi connectivity index (χ1v) is 5.12. The van der Waals surface area contributed by atoms with Crippen molar-refractivity contribution in [3.63, 3.8) is 0 Å². The molecule has 0 amide bonds. The summed E-state index contributed by atoms with van der Waals surface area (Å²) in [6.45, 7) is 0. The number of benzene rings is 1. The summed E-state index contributed by atoms with van der Waals surface area (Å²) >= 11 is 0. The zero-order valence-corrected chi connectivity index (χ0v) is 7.90. The predicted octanol–water partition coefficient (Wildman–Crippen LogP) is 2.24. The maximum Gasteiger partial charge on any atom is 0.306 e. The van der Waals surface area contributed by atoms with E-state index in [4.69, 9.17) is 4.74 Å². The average molecular weight is 188 g/mol. The van der Waals surface area contributed by atoms with Crippen LogP contribution >= 0.6 is 0 Å². The van der Waals surface area contributed by atoms with Gasteiger partial charge in [0.2, 0.25) is 0 Å². The number of carbonyl (C=O) groups is 1. The summed E-state index contributed by atoms with van der Waals surface area (Å²) in [7, 11) is 0. The second kappa shape index (κ2) is 2.84. The summed E-state index contributed by atoms with van der Waals surface area (Å²) in [4.78, 5) is 11.2. The van der Waals surface area contributed by atoms with Crippen molar-refractivity contribution in [3.05, 3.63) is 35.4 Å². The van der Waals surface area contributed by atoms with E-state index in [1.165, 1.54) is 11.1 Å². The van der Waals surface area contributed by atoms with Crippen LogP contribution in [0.3, 0.4) is 0 Å². The van der Waals surface area contributed by atoms with Gasteiger partial charge in [0.1, 0.15) is 6.10 Å². The molecule has 0 unspecified atom stereocenters. The third kappa shape index (κ3) is 1.07. The molecule has 0 aromatic heterocycles. The highest BCUT2D eigenvalue weighted by Gasteiger charge is 2.39. The molecule has 72 valence electrons. The summed E-state index contributed by atoms with van der Waals surface area (Å²) in [6.07, 6.45) is 2.84.